The molecule has 0 spiro atoms. The number of hydrogen-bond acceptors (Lipinski definition) is 2. The van der Waals surface area contributed by atoms with Crippen molar-refractivity contribution in [2.75, 3.05) is 5.75 Å². The SMILES string of the molecule is Cc1ccc(S(=O)CC(O)C(F)(F)F)cc1. The van der Waals surface area contributed by atoms with Crippen LogP contribution in [0, 0.1) is 6.92 Å². The van der Waals surface area contributed by atoms with Gasteiger partial charge in [0.1, 0.15) is 0 Å². The average Bonchev–Trinajstić information content (AvgIpc) is 2.17. The average molecular weight is 252 g/mol. The Morgan fingerprint density at radius 1 is 1.31 bits per heavy atom. The third kappa shape index (κ3) is 3.61. The van der Waals surface area contributed by atoms with Crippen LogP contribution in [-0.2, 0) is 10.8 Å². The number of rotatable bonds is 3. The van der Waals surface area contributed by atoms with E-state index in [1.807, 2.05) is 6.92 Å². The highest BCUT2D eigenvalue weighted by Crippen LogP contribution is 2.22. The molecule has 1 rings (SSSR count). The standard InChI is InChI=1S/C10H11F3O2S/c1-7-2-4-8(5-3-7)16(15)6-9(14)10(11,12)13/h2-5,9,14H,6H2,1H3. The molecule has 1 aromatic carbocycles. The predicted octanol–water partition coefficient (Wildman–Crippen LogP) is 2.03. The van der Waals surface area contributed by atoms with Gasteiger partial charge in [-0.05, 0) is 19.1 Å². The smallest absolute Gasteiger partial charge is 0.383 e. The summed E-state index contributed by atoms with van der Waals surface area (Å²) in [4.78, 5) is 0.286. The quantitative estimate of drug-likeness (QED) is 0.893. The molecule has 0 aliphatic heterocycles. The number of halogens is 3. The number of aliphatic hydroxyl groups excluding tert-OH is 1. The highest BCUT2D eigenvalue weighted by molar-refractivity contribution is 7.85. The maximum Gasteiger partial charge on any atom is 0.415 e. The normalized spacial score (nSPS) is 15.8. The van der Waals surface area contributed by atoms with Gasteiger partial charge in [-0.15, -0.1) is 0 Å². The molecule has 0 aromatic heterocycles. The molecule has 2 nitrogen and oxygen atoms in total. The minimum atomic E-state index is -4.72. The molecule has 2 unspecified atom stereocenters. The molecule has 1 aromatic rings. The van der Waals surface area contributed by atoms with Crippen LogP contribution in [0.5, 0.6) is 0 Å². The summed E-state index contributed by atoms with van der Waals surface area (Å²) in [5.41, 5.74) is 0.928. The maximum atomic E-state index is 12.0. The molecule has 0 heterocycles. The summed E-state index contributed by atoms with van der Waals surface area (Å²) < 4.78 is 47.5. The first-order valence-corrected chi connectivity index (χ1v) is 5.82. The van der Waals surface area contributed by atoms with Crippen LogP contribution in [0.2, 0.25) is 0 Å². The molecule has 6 heteroatoms. The van der Waals surface area contributed by atoms with Crippen molar-refractivity contribution in [1.29, 1.82) is 0 Å². The highest BCUT2D eigenvalue weighted by atomic mass is 32.2. The summed E-state index contributed by atoms with van der Waals surface area (Å²) in [7, 11) is -1.84. The zero-order chi connectivity index (χ0) is 12.3. The monoisotopic (exact) mass is 252 g/mol. The molecule has 16 heavy (non-hydrogen) atoms. The Hall–Kier alpha value is -0.880. The summed E-state index contributed by atoms with van der Waals surface area (Å²) in [5, 5.41) is 8.75. The molecule has 0 amide bonds. The van der Waals surface area contributed by atoms with Crippen molar-refractivity contribution in [2.24, 2.45) is 0 Å². The fourth-order valence-corrected chi connectivity index (χ4v) is 2.13. The van der Waals surface area contributed by atoms with E-state index in [9.17, 15) is 17.4 Å². The van der Waals surface area contributed by atoms with Crippen molar-refractivity contribution in [3.05, 3.63) is 29.8 Å². The van der Waals surface area contributed by atoms with Crippen molar-refractivity contribution in [3.63, 3.8) is 0 Å². The fraction of sp³-hybridized carbons (Fsp3) is 0.400. The van der Waals surface area contributed by atoms with Gasteiger partial charge >= 0.3 is 6.18 Å². The number of benzene rings is 1. The molecular weight excluding hydrogens is 241 g/mol. The van der Waals surface area contributed by atoms with Gasteiger partial charge in [0.25, 0.3) is 0 Å². The van der Waals surface area contributed by atoms with Crippen LogP contribution >= 0.6 is 0 Å². The molecule has 0 radical (unpaired) electrons. The van der Waals surface area contributed by atoms with Crippen molar-refractivity contribution >= 4 is 10.8 Å². The van der Waals surface area contributed by atoms with Crippen molar-refractivity contribution in [3.8, 4) is 0 Å². The topological polar surface area (TPSA) is 37.3 Å². The van der Waals surface area contributed by atoms with Crippen LogP contribution in [0.3, 0.4) is 0 Å². The van der Waals surface area contributed by atoms with E-state index in [0.29, 0.717) is 0 Å². The van der Waals surface area contributed by atoms with Gasteiger partial charge in [-0.2, -0.15) is 13.2 Å². The molecule has 0 fully saturated rings. The highest BCUT2D eigenvalue weighted by Gasteiger charge is 2.39. The van der Waals surface area contributed by atoms with Crippen LogP contribution in [0.15, 0.2) is 29.2 Å². The van der Waals surface area contributed by atoms with Crippen molar-refractivity contribution in [2.45, 2.75) is 24.1 Å². The zero-order valence-electron chi connectivity index (χ0n) is 8.49. The molecule has 0 saturated carbocycles. The minimum absolute atomic E-state index is 0.286. The van der Waals surface area contributed by atoms with Crippen LogP contribution in [0.25, 0.3) is 0 Å². The maximum absolute atomic E-state index is 12.0. The largest absolute Gasteiger partial charge is 0.415 e. The summed E-state index contributed by atoms with van der Waals surface area (Å²) in [5.74, 6) is -0.827. The van der Waals surface area contributed by atoms with E-state index in [0.717, 1.165) is 5.56 Å². The Labute approximate surface area is 93.6 Å². The lowest BCUT2D eigenvalue weighted by Crippen LogP contribution is -2.33. The van der Waals surface area contributed by atoms with Gasteiger partial charge in [-0.25, -0.2) is 0 Å². The first-order valence-electron chi connectivity index (χ1n) is 4.50. The van der Waals surface area contributed by atoms with Crippen LogP contribution in [0.4, 0.5) is 13.2 Å². The Bertz CT molecular complexity index is 373. The predicted molar refractivity (Wildman–Crippen MR) is 54.5 cm³/mol. The van der Waals surface area contributed by atoms with Gasteiger partial charge in [-0.1, -0.05) is 17.7 Å². The van der Waals surface area contributed by atoms with Gasteiger partial charge in [-0.3, -0.25) is 4.21 Å². The van der Waals surface area contributed by atoms with E-state index in [2.05, 4.69) is 0 Å². The van der Waals surface area contributed by atoms with E-state index >= 15 is 0 Å². The minimum Gasteiger partial charge on any atom is -0.383 e. The molecule has 0 aliphatic rings. The molecule has 0 aliphatic carbocycles. The van der Waals surface area contributed by atoms with E-state index in [1.165, 1.54) is 12.1 Å². The van der Waals surface area contributed by atoms with Gasteiger partial charge in [0.05, 0.1) is 16.6 Å². The molecule has 0 bridgehead atoms. The van der Waals surface area contributed by atoms with Gasteiger partial charge in [0, 0.05) is 4.90 Å². The summed E-state index contributed by atoms with van der Waals surface area (Å²) >= 11 is 0. The summed E-state index contributed by atoms with van der Waals surface area (Å²) in [6.45, 7) is 1.82. The third-order valence-corrected chi connectivity index (χ3v) is 3.39. The lowest BCUT2D eigenvalue weighted by atomic mass is 10.2. The first kappa shape index (κ1) is 13.2. The Morgan fingerprint density at radius 2 is 1.81 bits per heavy atom. The molecule has 2 atom stereocenters. The van der Waals surface area contributed by atoms with Gasteiger partial charge < -0.3 is 5.11 Å². The van der Waals surface area contributed by atoms with Crippen LogP contribution in [-0.4, -0.2) is 27.3 Å². The lowest BCUT2D eigenvalue weighted by molar-refractivity contribution is -0.196. The Balaban J connectivity index is 2.70. The second kappa shape index (κ2) is 4.97. The second-order valence-corrected chi connectivity index (χ2v) is 4.88. The van der Waals surface area contributed by atoms with Crippen molar-refractivity contribution in [1.82, 2.24) is 0 Å². The number of hydrogen-bond donors (Lipinski definition) is 1. The molecule has 1 N–H and O–H groups in total. The lowest BCUT2D eigenvalue weighted by Gasteiger charge is -2.13. The zero-order valence-corrected chi connectivity index (χ0v) is 9.31. The van der Waals surface area contributed by atoms with E-state index < -0.39 is 28.8 Å². The molecule has 0 saturated heterocycles. The third-order valence-electron chi connectivity index (χ3n) is 1.97. The first-order chi connectivity index (χ1) is 7.30. The number of alkyl halides is 3. The van der Waals surface area contributed by atoms with E-state index in [1.54, 1.807) is 12.1 Å². The summed E-state index contributed by atoms with van der Waals surface area (Å²) in [6, 6.07) is 6.31. The molecule has 90 valence electrons. The van der Waals surface area contributed by atoms with Crippen molar-refractivity contribution < 1.29 is 22.5 Å². The second-order valence-electron chi connectivity index (χ2n) is 3.38. The van der Waals surface area contributed by atoms with Gasteiger partial charge in [0.15, 0.2) is 6.10 Å². The summed E-state index contributed by atoms with van der Waals surface area (Å²) in [6.07, 6.45) is -7.27. The number of aryl methyl sites for hydroxylation is 1. The van der Waals surface area contributed by atoms with Crippen LogP contribution < -0.4 is 0 Å². The van der Waals surface area contributed by atoms with Crippen LogP contribution in [0.1, 0.15) is 5.56 Å². The number of aliphatic hydroxyl groups is 1. The molecular formula is C10H11F3O2S. The van der Waals surface area contributed by atoms with E-state index in [4.69, 9.17) is 5.11 Å². The Morgan fingerprint density at radius 3 is 2.25 bits per heavy atom. The van der Waals surface area contributed by atoms with Gasteiger partial charge in [0.2, 0.25) is 0 Å². The Kier molecular flexibility index (Phi) is 4.09. The fourth-order valence-electron chi connectivity index (χ4n) is 1.02. The van der Waals surface area contributed by atoms with E-state index in [-0.39, 0.29) is 4.90 Å².